The van der Waals surface area contributed by atoms with E-state index in [1.54, 1.807) is 0 Å². The third kappa shape index (κ3) is 6.68. The van der Waals surface area contributed by atoms with E-state index in [0.717, 1.165) is 17.7 Å². The van der Waals surface area contributed by atoms with Gasteiger partial charge in [0.25, 0.3) is 0 Å². The van der Waals surface area contributed by atoms with Crippen molar-refractivity contribution in [1.82, 2.24) is 5.32 Å². The maximum atomic E-state index is 13.2. The quantitative estimate of drug-likeness (QED) is 0.214. The Labute approximate surface area is 223 Å². The van der Waals surface area contributed by atoms with E-state index >= 15 is 0 Å². The van der Waals surface area contributed by atoms with Crippen molar-refractivity contribution in [2.24, 2.45) is 0 Å². The number of nitrogens with one attached hydrogen (secondary N) is 2. The minimum absolute atomic E-state index is 0.123. The van der Waals surface area contributed by atoms with E-state index < -0.39 is 0 Å². The van der Waals surface area contributed by atoms with Crippen LogP contribution in [0.2, 0.25) is 0 Å². The highest BCUT2D eigenvalue weighted by molar-refractivity contribution is 5.89. The van der Waals surface area contributed by atoms with Gasteiger partial charge in [-0.05, 0) is 59.5 Å². The van der Waals surface area contributed by atoms with Gasteiger partial charge in [0.1, 0.15) is 11.5 Å². The van der Waals surface area contributed by atoms with Crippen molar-refractivity contribution in [3.05, 3.63) is 162 Å². The largest absolute Gasteiger partial charge is 0.457 e. The molecule has 38 heavy (non-hydrogen) atoms. The zero-order valence-corrected chi connectivity index (χ0v) is 21.0. The maximum absolute atomic E-state index is 13.2. The van der Waals surface area contributed by atoms with Gasteiger partial charge < -0.3 is 15.4 Å². The van der Waals surface area contributed by atoms with Crippen LogP contribution in [0.1, 0.15) is 35.1 Å². The third-order valence-electron chi connectivity index (χ3n) is 6.47. The van der Waals surface area contributed by atoms with E-state index in [4.69, 9.17) is 4.74 Å². The summed E-state index contributed by atoms with van der Waals surface area (Å²) in [5.41, 5.74) is 4.19. The number of rotatable bonds is 9. The van der Waals surface area contributed by atoms with E-state index in [-0.39, 0.29) is 18.0 Å². The minimum atomic E-state index is -0.254. The third-order valence-corrected chi connectivity index (χ3v) is 6.47. The molecule has 1 atom stereocenters. The zero-order valence-electron chi connectivity index (χ0n) is 21.0. The summed E-state index contributed by atoms with van der Waals surface area (Å²) >= 11 is 0. The number of carbonyl (C=O) groups is 1. The second-order valence-corrected chi connectivity index (χ2v) is 9.11. The van der Waals surface area contributed by atoms with Crippen molar-refractivity contribution in [3.8, 4) is 11.5 Å². The number of urea groups is 1. The minimum Gasteiger partial charge on any atom is -0.457 e. The van der Waals surface area contributed by atoms with Gasteiger partial charge in [0.05, 0.1) is 6.04 Å². The second-order valence-electron chi connectivity index (χ2n) is 9.11. The summed E-state index contributed by atoms with van der Waals surface area (Å²) in [6, 6.07) is 47.6. The van der Waals surface area contributed by atoms with Crippen LogP contribution in [0, 0.1) is 0 Å². The highest BCUT2D eigenvalue weighted by Gasteiger charge is 2.23. The number of carbonyl (C=O) groups excluding carboxylic acids is 1. The summed E-state index contributed by atoms with van der Waals surface area (Å²) in [5, 5.41) is 6.21. The Hall–Kier alpha value is -4.83. The summed E-state index contributed by atoms with van der Waals surface area (Å²) < 4.78 is 5.86. The SMILES string of the molecule is O=C(Nc1ccc(Oc2ccccc2)cc1)NC(CC(c1ccccc1)c1ccccc1)c1ccccc1. The number of anilines is 1. The van der Waals surface area contributed by atoms with Gasteiger partial charge in [-0.2, -0.15) is 0 Å². The number of benzene rings is 5. The molecule has 4 nitrogen and oxygen atoms in total. The smallest absolute Gasteiger partial charge is 0.319 e. The molecule has 0 saturated heterocycles. The predicted octanol–water partition coefficient (Wildman–Crippen LogP) is 8.56. The number of amides is 2. The zero-order chi connectivity index (χ0) is 26.0. The molecule has 5 rings (SSSR count). The molecule has 5 aromatic rings. The average molecular weight is 499 g/mol. The number of para-hydroxylation sites is 1. The number of hydrogen-bond acceptors (Lipinski definition) is 2. The Morgan fingerprint density at radius 1 is 0.553 bits per heavy atom. The Morgan fingerprint density at radius 2 is 1.00 bits per heavy atom. The summed E-state index contributed by atoms with van der Waals surface area (Å²) in [6.07, 6.45) is 0.718. The molecule has 1 unspecified atom stereocenters. The van der Waals surface area contributed by atoms with Crippen LogP contribution in [-0.2, 0) is 0 Å². The van der Waals surface area contributed by atoms with E-state index in [9.17, 15) is 4.79 Å². The first-order chi connectivity index (χ1) is 18.7. The van der Waals surface area contributed by atoms with E-state index in [2.05, 4.69) is 71.3 Å². The summed E-state index contributed by atoms with van der Waals surface area (Å²) in [5.74, 6) is 1.60. The van der Waals surface area contributed by atoms with Crippen LogP contribution in [0.15, 0.2) is 146 Å². The van der Waals surface area contributed by atoms with E-state index in [0.29, 0.717) is 11.4 Å². The molecule has 0 aliphatic heterocycles. The highest BCUT2D eigenvalue weighted by Crippen LogP contribution is 2.34. The van der Waals surface area contributed by atoms with Gasteiger partial charge in [-0.1, -0.05) is 109 Å². The molecule has 0 aliphatic rings. The lowest BCUT2D eigenvalue weighted by Gasteiger charge is -2.26. The molecule has 188 valence electrons. The summed E-state index contributed by atoms with van der Waals surface area (Å²) in [4.78, 5) is 13.2. The Kier molecular flexibility index (Phi) is 8.12. The maximum Gasteiger partial charge on any atom is 0.319 e. The number of hydrogen-bond donors (Lipinski definition) is 2. The van der Waals surface area contributed by atoms with Crippen molar-refractivity contribution in [2.75, 3.05) is 5.32 Å². The first-order valence-corrected chi connectivity index (χ1v) is 12.8. The molecule has 5 aromatic carbocycles. The lowest BCUT2D eigenvalue weighted by Crippen LogP contribution is -2.33. The van der Waals surface area contributed by atoms with E-state index in [1.807, 2.05) is 84.9 Å². The van der Waals surface area contributed by atoms with Gasteiger partial charge in [0.15, 0.2) is 0 Å². The van der Waals surface area contributed by atoms with Crippen molar-refractivity contribution < 1.29 is 9.53 Å². The topological polar surface area (TPSA) is 50.4 Å². The van der Waals surface area contributed by atoms with Crippen LogP contribution >= 0.6 is 0 Å². The summed E-state index contributed by atoms with van der Waals surface area (Å²) in [6.45, 7) is 0. The lowest BCUT2D eigenvalue weighted by atomic mass is 9.84. The first kappa shape index (κ1) is 24.8. The van der Waals surface area contributed by atoms with Crippen molar-refractivity contribution in [3.63, 3.8) is 0 Å². The van der Waals surface area contributed by atoms with Gasteiger partial charge in [-0.25, -0.2) is 4.79 Å². The normalized spacial score (nSPS) is 11.5. The Bertz CT molecular complexity index is 1370. The fourth-order valence-corrected chi connectivity index (χ4v) is 4.59. The van der Waals surface area contributed by atoms with Crippen LogP contribution in [0.3, 0.4) is 0 Å². The molecule has 4 heteroatoms. The second kappa shape index (κ2) is 12.4. The van der Waals surface area contributed by atoms with Gasteiger partial charge in [-0.15, -0.1) is 0 Å². The predicted molar refractivity (Wildman–Crippen MR) is 154 cm³/mol. The molecule has 2 N–H and O–H groups in total. The van der Waals surface area contributed by atoms with Gasteiger partial charge in [0.2, 0.25) is 0 Å². The summed E-state index contributed by atoms with van der Waals surface area (Å²) in [7, 11) is 0. The van der Waals surface area contributed by atoms with Crippen LogP contribution in [0.4, 0.5) is 10.5 Å². The van der Waals surface area contributed by atoms with Crippen molar-refractivity contribution in [2.45, 2.75) is 18.4 Å². The molecular formula is C34H30N2O2. The van der Waals surface area contributed by atoms with Crippen LogP contribution in [-0.4, -0.2) is 6.03 Å². The molecule has 0 aliphatic carbocycles. The van der Waals surface area contributed by atoms with Gasteiger partial charge >= 0.3 is 6.03 Å². The molecule has 0 bridgehead atoms. The Morgan fingerprint density at radius 3 is 1.53 bits per heavy atom. The van der Waals surface area contributed by atoms with Crippen LogP contribution < -0.4 is 15.4 Å². The molecule has 0 heterocycles. The molecule has 2 amide bonds. The molecule has 0 saturated carbocycles. The van der Waals surface area contributed by atoms with Gasteiger partial charge in [0, 0.05) is 11.6 Å². The lowest BCUT2D eigenvalue weighted by molar-refractivity contribution is 0.247. The van der Waals surface area contributed by atoms with Gasteiger partial charge in [-0.3, -0.25) is 0 Å². The fourth-order valence-electron chi connectivity index (χ4n) is 4.59. The first-order valence-electron chi connectivity index (χ1n) is 12.8. The van der Waals surface area contributed by atoms with Crippen molar-refractivity contribution in [1.29, 1.82) is 0 Å². The molecule has 0 fully saturated rings. The van der Waals surface area contributed by atoms with E-state index in [1.165, 1.54) is 11.1 Å². The Balaban J connectivity index is 1.32. The van der Waals surface area contributed by atoms with Crippen molar-refractivity contribution >= 4 is 11.7 Å². The standard InChI is InChI=1S/C34H30N2O2/c37-34(35-29-21-23-31(24-22-29)38-30-19-11-4-12-20-30)36-33(28-17-9-3-10-18-28)25-32(26-13-5-1-6-14-26)27-15-7-2-8-16-27/h1-24,32-33H,25H2,(H2,35,36,37). The highest BCUT2D eigenvalue weighted by atomic mass is 16.5. The van der Waals surface area contributed by atoms with Crippen LogP contribution in [0.5, 0.6) is 11.5 Å². The fraction of sp³-hybridized carbons (Fsp3) is 0.0882. The molecule has 0 radical (unpaired) electrons. The molecule has 0 aromatic heterocycles. The molecular weight excluding hydrogens is 468 g/mol. The molecule has 0 spiro atoms. The number of ether oxygens (including phenoxy) is 1. The monoisotopic (exact) mass is 498 g/mol. The van der Waals surface area contributed by atoms with Crippen LogP contribution in [0.25, 0.3) is 0 Å². The average Bonchev–Trinajstić information content (AvgIpc) is 2.98.